The molecular formula is C36H61NO3. The molecule has 40 heavy (non-hydrogen) atoms. The third-order valence-corrected chi connectivity index (χ3v) is 12.1. The number of rotatable bonds is 10. The van der Waals surface area contributed by atoms with Gasteiger partial charge in [0.2, 0.25) is 0 Å². The topological polar surface area (TPSA) is 38.8 Å². The largest absolute Gasteiger partial charge is 0.459 e. The normalized spacial score (nSPS) is 38.1. The van der Waals surface area contributed by atoms with Crippen LogP contribution < -0.4 is 0 Å². The molecule has 0 aliphatic heterocycles. The molecule has 5 aliphatic carbocycles. The SMILES string of the molecule is C=CC(=O)OC1CCC(CCOC2CCC(N(C3CCCCC3)C3CCC(C4CCC(C)CC4)CC3)CC2)CC1. The molecule has 4 nitrogen and oxygen atoms in total. The van der Waals surface area contributed by atoms with Gasteiger partial charge in [0.15, 0.2) is 0 Å². The van der Waals surface area contributed by atoms with E-state index in [1.807, 2.05) is 0 Å². The minimum absolute atomic E-state index is 0.0937. The second-order valence-corrected chi connectivity index (χ2v) is 14.7. The van der Waals surface area contributed by atoms with Crippen LogP contribution in [0.5, 0.6) is 0 Å². The van der Waals surface area contributed by atoms with Gasteiger partial charge >= 0.3 is 5.97 Å². The Morgan fingerprint density at radius 2 is 1.20 bits per heavy atom. The highest BCUT2D eigenvalue weighted by molar-refractivity contribution is 5.81. The molecule has 0 radical (unpaired) electrons. The maximum absolute atomic E-state index is 11.5. The summed E-state index contributed by atoms with van der Waals surface area (Å²) in [4.78, 5) is 14.6. The van der Waals surface area contributed by atoms with Crippen LogP contribution in [0.4, 0.5) is 0 Å². The molecule has 0 bridgehead atoms. The zero-order chi connectivity index (χ0) is 27.7. The zero-order valence-electron chi connectivity index (χ0n) is 25.9. The van der Waals surface area contributed by atoms with E-state index in [-0.39, 0.29) is 12.1 Å². The molecular weight excluding hydrogens is 494 g/mol. The van der Waals surface area contributed by atoms with Crippen molar-refractivity contribution >= 4 is 5.97 Å². The van der Waals surface area contributed by atoms with Gasteiger partial charge in [0.05, 0.1) is 6.10 Å². The maximum atomic E-state index is 11.5. The lowest BCUT2D eigenvalue weighted by molar-refractivity contribution is -0.144. The minimum atomic E-state index is -0.272. The van der Waals surface area contributed by atoms with Crippen molar-refractivity contribution in [3.8, 4) is 0 Å². The number of hydrogen-bond acceptors (Lipinski definition) is 4. The van der Waals surface area contributed by atoms with Crippen LogP contribution in [0.25, 0.3) is 0 Å². The quantitative estimate of drug-likeness (QED) is 0.199. The number of carbonyl (C=O) groups is 1. The zero-order valence-corrected chi connectivity index (χ0v) is 25.9. The fourth-order valence-corrected chi connectivity index (χ4v) is 9.56. The second-order valence-electron chi connectivity index (χ2n) is 14.7. The standard InChI is InChI=1S/C36H61NO3/c1-3-36(38)40-35-21-11-28(12-22-35)25-26-39-34-23-19-33(20-24-34)37(31-7-5-4-6-8-31)32-17-15-30(16-18-32)29-13-9-27(2)10-14-29/h3,27-35H,1,4-26H2,2H3. The summed E-state index contributed by atoms with van der Waals surface area (Å²) in [6, 6.07) is 2.51. The lowest BCUT2D eigenvalue weighted by Gasteiger charge is -2.49. The number of carbonyl (C=O) groups excluding carboxylic acids is 1. The van der Waals surface area contributed by atoms with Crippen LogP contribution in [0, 0.1) is 23.7 Å². The number of nitrogens with zero attached hydrogens (tertiary/aromatic N) is 1. The number of ether oxygens (including phenoxy) is 2. The van der Waals surface area contributed by atoms with Crippen molar-refractivity contribution in [3.63, 3.8) is 0 Å². The van der Waals surface area contributed by atoms with Gasteiger partial charge < -0.3 is 9.47 Å². The molecule has 5 saturated carbocycles. The van der Waals surface area contributed by atoms with E-state index < -0.39 is 0 Å². The molecule has 0 aromatic carbocycles. The second kappa shape index (κ2) is 15.6. The van der Waals surface area contributed by atoms with Gasteiger partial charge in [-0.2, -0.15) is 0 Å². The van der Waals surface area contributed by atoms with Crippen molar-refractivity contribution in [2.75, 3.05) is 6.61 Å². The van der Waals surface area contributed by atoms with Gasteiger partial charge in [-0.1, -0.05) is 45.6 Å². The summed E-state index contributed by atoms with van der Waals surface area (Å²) in [5.41, 5.74) is 0. The van der Waals surface area contributed by atoms with Gasteiger partial charge in [-0.3, -0.25) is 4.90 Å². The third kappa shape index (κ3) is 8.59. The van der Waals surface area contributed by atoms with Crippen LogP contribution in [0.15, 0.2) is 12.7 Å². The Labute approximate surface area is 246 Å². The monoisotopic (exact) mass is 555 g/mol. The molecule has 0 aromatic rings. The Balaban J connectivity index is 1.04. The van der Waals surface area contributed by atoms with Crippen molar-refractivity contribution in [2.24, 2.45) is 23.7 Å². The number of esters is 1. The van der Waals surface area contributed by atoms with Gasteiger partial charge in [0, 0.05) is 30.8 Å². The van der Waals surface area contributed by atoms with Crippen LogP contribution >= 0.6 is 0 Å². The molecule has 5 fully saturated rings. The lowest BCUT2D eigenvalue weighted by atomic mass is 9.70. The summed E-state index contributed by atoms with van der Waals surface area (Å²) in [6.07, 6.45) is 31.7. The predicted molar refractivity (Wildman–Crippen MR) is 164 cm³/mol. The van der Waals surface area contributed by atoms with Crippen LogP contribution in [-0.4, -0.2) is 47.8 Å². The summed E-state index contributed by atoms with van der Waals surface area (Å²) in [6.45, 7) is 6.89. The lowest BCUT2D eigenvalue weighted by Crippen LogP contribution is -2.53. The van der Waals surface area contributed by atoms with Gasteiger partial charge in [0.25, 0.3) is 0 Å². The molecule has 0 unspecified atom stereocenters. The summed E-state index contributed by atoms with van der Waals surface area (Å²) >= 11 is 0. The van der Waals surface area contributed by atoms with Gasteiger partial charge in [-0.15, -0.1) is 0 Å². The minimum Gasteiger partial charge on any atom is -0.459 e. The van der Waals surface area contributed by atoms with Crippen molar-refractivity contribution in [1.82, 2.24) is 4.90 Å². The van der Waals surface area contributed by atoms with Gasteiger partial charge in [-0.25, -0.2) is 4.79 Å². The van der Waals surface area contributed by atoms with E-state index in [2.05, 4.69) is 18.4 Å². The van der Waals surface area contributed by atoms with E-state index in [0.717, 1.165) is 74.1 Å². The average Bonchev–Trinajstić information content (AvgIpc) is 3.00. The molecule has 0 spiro atoms. The Hall–Kier alpha value is -0.870. The van der Waals surface area contributed by atoms with E-state index in [4.69, 9.17) is 9.47 Å². The molecule has 5 aliphatic rings. The Bertz CT molecular complexity index is 746. The Kier molecular flexibility index (Phi) is 11.9. The maximum Gasteiger partial charge on any atom is 0.330 e. The van der Waals surface area contributed by atoms with Crippen LogP contribution in [0.3, 0.4) is 0 Å². The highest BCUT2D eigenvalue weighted by Gasteiger charge is 2.39. The van der Waals surface area contributed by atoms with Crippen molar-refractivity contribution < 1.29 is 14.3 Å². The molecule has 4 heteroatoms. The fourth-order valence-electron chi connectivity index (χ4n) is 9.56. The van der Waals surface area contributed by atoms with E-state index in [9.17, 15) is 4.79 Å². The molecule has 228 valence electrons. The molecule has 0 heterocycles. The first-order chi connectivity index (χ1) is 19.6. The Morgan fingerprint density at radius 1 is 0.675 bits per heavy atom. The number of hydrogen-bond donors (Lipinski definition) is 0. The molecule has 0 atom stereocenters. The van der Waals surface area contributed by atoms with E-state index in [1.165, 1.54) is 122 Å². The van der Waals surface area contributed by atoms with Gasteiger partial charge in [0.1, 0.15) is 6.10 Å². The molecule has 5 rings (SSSR count). The average molecular weight is 556 g/mol. The van der Waals surface area contributed by atoms with E-state index in [1.54, 1.807) is 0 Å². The van der Waals surface area contributed by atoms with Crippen LogP contribution in [0.1, 0.15) is 148 Å². The van der Waals surface area contributed by atoms with Crippen molar-refractivity contribution in [2.45, 2.75) is 179 Å². The smallest absolute Gasteiger partial charge is 0.330 e. The molecule has 0 saturated heterocycles. The first-order valence-electron chi connectivity index (χ1n) is 17.8. The first-order valence-corrected chi connectivity index (χ1v) is 17.8. The molecule has 0 amide bonds. The van der Waals surface area contributed by atoms with E-state index in [0.29, 0.717) is 6.10 Å². The molecule has 0 aromatic heterocycles. The van der Waals surface area contributed by atoms with Crippen LogP contribution in [0.2, 0.25) is 0 Å². The van der Waals surface area contributed by atoms with Crippen LogP contribution in [-0.2, 0) is 14.3 Å². The predicted octanol–water partition coefficient (Wildman–Crippen LogP) is 9.01. The summed E-state index contributed by atoms with van der Waals surface area (Å²) in [5.74, 6) is 3.50. The van der Waals surface area contributed by atoms with Crippen molar-refractivity contribution in [1.29, 1.82) is 0 Å². The summed E-state index contributed by atoms with van der Waals surface area (Å²) in [7, 11) is 0. The van der Waals surface area contributed by atoms with Crippen molar-refractivity contribution in [3.05, 3.63) is 12.7 Å². The highest BCUT2D eigenvalue weighted by Crippen LogP contribution is 2.43. The fraction of sp³-hybridized carbons (Fsp3) is 0.917. The van der Waals surface area contributed by atoms with E-state index >= 15 is 0 Å². The molecule has 0 N–H and O–H groups in total. The first kappa shape index (κ1) is 30.6. The highest BCUT2D eigenvalue weighted by atomic mass is 16.5. The summed E-state index contributed by atoms with van der Waals surface area (Å²) < 4.78 is 11.9. The third-order valence-electron chi connectivity index (χ3n) is 12.1. The van der Waals surface area contributed by atoms with Gasteiger partial charge in [-0.05, 0) is 133 Å². The summed E-state index contributed by atoms with van der Waals surface area (Å²) in [5, 5.41) is 0. The Morgan fingerprint density at radius 3 is 1.80 bits per heavy atom.